The number of methoxy groups -OCH3 is 4. The van der Waals surface area contributed by atoms with Crippen molar-refractivity contribution in [3.63, 3.8) is 0 Å². The molecule has 44 heavy (non-hydrogen) atoms. The molecule has 0 unspecified atom stereocenters. The van der Waals surface area contributed by atoms with Gasteiger partial charge < -0.3 is 37.2 Å². The zero-order valence-corrected chi connectivity index (χ0v) is 24.7. The molecule has 4 aromatic rings. The smallest absolute Gasteiger partial charge is 0.356 e. The van der Waals surface area contributed by atoms with Gasteiger partial charge in [-0.3, -0.25) is 0 Å². The molecule has 0 aliphatic rings. The Balaban J connectivity index is 2.07. The number of carbonyl (C=O) groups is 6. The number of fused-ring (bicyclic) bond motifs is 2. The molecular formula is C30H28N2O12. The van der Waals surface area contributed by atoms with Gasteiger partial charge in [0.05, 0.1) is 52.7 Å². The van der Waals surface area contributed by atoms with Crippen LogP contribution < -0.4 is 0 Å². The summed E-state index contributed by atoms with van der Waals surface area (Å²) in [5.74, 6) is -5.48. The number of nitrogens with zero attached hydrogens (tertiary/aromatic N) is 2. The Hall–Kier alpha value is -5.66. The second-order valence-corrected chi connectivity index (χ2v) is 8.95. The minimum Gasteiger partial charge on any atom is -0.465 e. The number of hydrogen-bond acceptors (Lipinski definition) is 12. The van der Waals surface area contributed by atoms with Crippen LogP contribution in [0.5, 0.6) is 0 Å². The zero-order valence-electron chi connectivity index (χ0n) is 24.7. The number of esters is 6. The Bertz CT molecular complexity index is 1710. The van der Waals surface area contributed by atoms with Crippen LogP contribution >= 0.6 is 0 Å². The SMILES string of the molecule is CCOC(=O)c1c(C(=O)OC)c(C(=O)OC)c2cc(-c3ccn4c(C(=O)OCC)c(C(=O)OC)c(C(=O)OC)c4c3)ccn12. The molecule has 0 saturated heterocycles. The second kappa shape index (κ2) is 12.7. The molecule has 4 aromatic heterocycles. The van der Waals surface area contributed by atoms with Crippen LogP contribution in [-0.4, -0.2) is 86.3 Å². The summed E-state index contributed by atoms with van der Waals surface area (Å²) in [4.78, 5) is 77.4. The van der Waals surface area contributed by atoms with E-state index in [4.69, 9.17) is 28.4 Å². The summed E-state index contributed by atoms with van der Waals surface area (Å²) >= 11 is 0. The number of ether oxygens (including phenoxy) is 6. The van der Waals surface area contributed by atoms with Gasteiger partial charge in [-0.2, -0.15) is 0 Å². The predicted molar refractivity (Wildman–Crippen MR) is 151 cm³/mol. The highest BCUT2D eigenvalue weighted by molar-refractivity contribution is 6.16. The van der Waals surface area contributed by atoms with E-state index in [1.807, 2.05) is 0 Å². The maximum absolute atomic E-state index is 12.9. The third-order valence-electron chi connectivity index (χ3n) is 6.71. The minimum atomic E-state index is -0.960. The third-order valence-corrected chi connectivity index (χ3v) is 6.71. The molecule has 0 aromatic carbocycles. The van der Waals surface area contributed by atoms with E-state index < -0.39 is 35.8 Å². The number of carbonyl (C=O) groups excluding carboxylic acids is 6. The summed E-state index contributed by atoms with van der Waals surface area (Å²) < 4.78 is 32.5. The zero-order chi connectivity index (χ0) is 32.3. The number of hydrogen-bond donors (Lipinski definition) is 0. The molecule has 0 atom stereocenters. The van der Waals surface area contributed by atoms with Crippen LogP contribution in [0.1, 0.15) is 76.3 Å². The number of aromatic nitrogens is 2. The van der Waals surface area contributed by atoms with Crippen LogP contribution in [0.2, 0.25) is 0 Å². The molecule has 0 aliphatic heterocycles. The lowest BCUT2D eigenvalue weighted by atomic mass is 10.0. The van der Waals surface area contributed by atoms with Gasteiger partial charge in [0, 0.05) is 12.4 Å². The van der Waals surface area contributed by atoms with Crippen LogP contribution in [0, 0.1) is 0 Å². The highest BCUT2D eigenvalue weighted by Gasteiger charge is 2.35. The Morgan fingerprint density at radius 1 is 0.523 bits per heavy atom. The van der Waals surface area contributed by atoms with E-state index in [-0.39, 0.29) is 57.9 Å². The Morgan fingerprint density at radius 3 is 1.14 bits per heavy atom. The lowest BCUT2D eigenvalue weighted by Crippen LogP contribution is -2.16. The maximum atomic E-state index is 12.9. The molecule has 0 bridgehead atoms. The maximum Gasteiger partial charge on any atom is 0.356 e. The van der Waals surface area contributed by atoms with E-state index >= 15 is 0 Å². The van der Waals surface area contributed by atoms with Crippen molar-refractivity contribution in [3.05, 3.63) is 70.3 Å². The fraction of sp³-hybridized carbons (Fsp3) is 0.267. The molecule has 14 nitrogen and oxygen atoms in total. The van der Waals surface area contributed by atoms with Crippen LogP contribution in [0.3, 0.4) is 0 Å². The van der Waals surface area contributed by atoms with Gasteiger partial charge in [0.25, 0.3) is 0 Å². The quantitative estimate of drug-likeness (QED) is 0.201. The summed E-state index contributed by atoms with van der Waals surface area (Å²) in [6, 6.07) is 6.19. The third kappa shape index (κ3) is 5.10. The van der Waals surface area contributed by atoms with Crippen molar-refractivity contribution in [3.8, 4) is 11.1 Å². The van der Waals surface area contributed by atoms with E-state index in [2.05, 4.69) is 0 Å². The summed E-state index contributed by atoms with van der Waals surface area (Å²) in [5, 5.41) is 0. The number of pyridine rings is 2. The summed E-state index contributed by atoms with van der Waals surface area (Å²) in [6.07, 6.45) is 2.90. The highest BCUT2D eigenvalue weighted by Crippen LogP contribution is 2.33. The van der Waals surface area contributed by atoms with Crippen molar-refractivity contribution < 1.29 is 57.2 Å². The van der Waals surface area contributed by atoms with Crippen LogP contribution in [0.25, 0.3) is 22.2 Å². The fourth-order valence-corrected chi connectivity index (χ4v) is 4.89. The Morgan fingerprint density at radius 2 is 0.841 bits per heavy atom. The first-order valence-electron chi connectivity index (χ1n) is 13.1. The second-order valence-electron chi connectivity index (χ2n) is 8.95. The van der Waals surface area contributed by atoms with Gasteiger partial charge in [0.1, 0.15) is 33.6 Å². The van der Waals surface area contributed by atoms with E-state index in [0.717, 1.165) is 28.4 Å². The van der Waals surface area contributed by atoms with E-state index in [9.17, 15) is 28.8 Å². The molecule has 0 N–H and O–H groups in total. The van der Waals surface area contributed by atoms with Gasteiger partial charge >= 0.3 is 35.8 Å². The fourth-order valence-electron chi connectivity index (χ4n) is 4.89. The summed E-state index contributed by atoms with van der Waals surface area (Å²) in [6.45, 7) is 3.17. The van der Waals surface area contributed by atoms with Crippen molar-refractivity contribution in [1.29, 1.82) is 0 Å². The molecule has 0 fully saturated rings. The lowest BCUT2D eigenvalue weighted by Gasteiger charge is -2.08. The number of rotatable bonds is 9. The largest absolute Gasteiger partial charge is 0.465 e. The minimum absolute atomic E-state index is 0.000471. The normalized spacial score (nSPS) is 10.8. The monoisotopic (exact) mass is 608 g/mol. The first kappa shape index (κ1) is 31.3. The van der Waals surface area contributed by atoms with Crippen molar-refractivity contribution in [2.45, 2.75) is 13.8 Å². The van der Waals surface area contributed by atoms with Crippen molar-refractivity contribution >= 4 is 46.8 Å². The molecule has 0 amide bonds. The van der Waals surface area contributed by atoms with E-state index in [1.54, 1.807) is 26.0 Å². The van der Waals surface area contributed by atoms with Crippen molar-refractivity contribution in [2.75, 3.05) is 41.7 Å². The molecule has 0 radical (unpaired) electrons. The standard InChI is InChI=1S/C30H28N2O12/c1-7-43-29(37)23-21(27(35)41-5)19(25(33)39-3)17-13-15(9-11-31(17)23)16-10-12-32-18(14-16)20(26(34)40-4)22(28(36)42-6)24(32)30(38)44-8-2/h9-14H,7-8H2,1-6H3. The average molecular weight is 609 g/mol. The van der Waals surface area contributed by atoms with Gasteiger partial charge in [0.15, 0.2) is 0 Å². The Labute approximate surface area is 249 Å². The van der Waals surface area contributed by atoms with Crippen LogP contribution in [0.4, 0.5) is 0 Å². The van der Waals surface area contributed by atoms with Gasteiger partial charge in [-0.25, -0.2) is 28.8 Å². The first-order chi connectivity index (χ1) is 21.1. The van der Waals surface area contributed by atoms with Crippen LogP contribution in [-0.2, 0) is 28.4 Å². The molecular weight excluding hydrogens is 580 g/mol. The van der Waals surface area contributed by atoms with Gasteiger partial charge in [-0.15, -0.1) is 0 Å². The Kier molecular flexibility index (Phi) is 9.02. The van der Waals surface area contributed by atoms with Gasteiger partial charge in [0.2, 0.25) is 0 Å². The van der Waals surface area contributed by atoms with Gasteiger partial charge in [-0.05, 0) is 49.2 Å². The van der Waals surface area contributed by atoms with E-state index in [0.29, 0.717) is 11.1 Å². The molecule has 4 heterocycles. The molecule has 0 saturated carbocycles. The highest BCUT2D eigenvalue weighted by atomic mass is 16.5. The average Bonchev–Trinajstić information content (AvgIpc) is 3.56. The first-order valence-corrected chi connectivity index (χ1v) is 13.1. The molecule has 0 spiro atoms. The molecule has 4 rings (SSSR count). The van der Waals surface area contributed by atoms with Crippen molar-refractivity contribution in [1.82, 2.24) is 8.80 Å². The lowest BCUT2D eigenvalue weighted by molar-refractivity contribution is 0.0490. The topological polar surface area (TPSA) is 167 Å². The summed E-state index contributed by atoms with van der Waals surface area (Å²) in [7, 11) is 4.45. The molecule has 230 valence electrons. The predicted octanol–water partition coefficient (Wildman–Crippen LogP) is 3.36. The van der Waals surface area contributed by atoms with E-state index in [1.165, 1.54) is 33.3 Å². The van der Waals surface area contributed by atoms with Crippen LogP contribution in [0.15, 0.2) is 36.7 Å². The molecule has 14 heteroatoms. The van der Waals surface area contributed by atoms with Gasteiger partial charge in [-0.1, -0.05) is 0 Å². The summed E-state index contributed by atoms with van der Waals surface area (Å²) in [5.41, 5.74) is -0.504. The van der Waals surface area contributed by atoms with Crippen molar-refractivity contribution in [2.24, 2.45) is 0 Å². The molecule has 0 aliphatic carbocycles.